The van der Waals surface area contributed by atoms with Gasteiger partial charge in [-0.1, -0.05) is 59.6 Å². The highest BCUT2D eigenvalue weighted by Gasteiger charge is 2.28. The van der Waals surface area contributed by atoms with Gasteiger partial charge in [0.2, 0.25) is 11.8 Å². The fraction of sp³-hybridized carbons (Fsp3) is 0.297. The summed E-state index contributed by atoms with van der Waals surface area (Å²) >= 11 is 14.1. The van der Waals surface area contributed by atoms with Crippen LogP contribution in [0.3, 0.4) is 0 Å². The highest BCUT2D eigenvalue weighted by molar-refractivity contribution is 6.39. The molecule has 0 radical (unpaired) electrons. The zero-order valence-electron chi connectivity index (χ0n) is 27.7. The summed E-state index contributed by atoms with van der Waals surface area (Å²) in [5.74, 6) is -0.785. The number of carboxylic acid groups (broad SMARTS) is 1. The van der Waals surface area contributed by atoms with Gasteiger partial charge in [-0.3, -0.25) is 28.7 Å². The van der Waals surface area contributed by atoms with Crippen molar-refractivity contribution in [3.05, 3.63) is 98.8 Å². The molecule has 14 heteroatoms. The standard InChI is InChI=1S/C37H35Cl2N7O5/c1-51-35-30(17-40-16-24-8-9-32(47)43-24)41-18-29(44-35)28-7-3-6-27(34(28)39)26-5-2-4-25(33(26)38)21-11-13-46-31(14-21)42-15-23(36(46)48)20-45-12-10-22(19-45)37(49)50/h2-7,11,13-15,18,22,24,40H,8-10,12,16-17,19-20H2,1H3,(H,43,47)(H,49,50)/t22-,24-/m0/s1. The van der Waals surface area contributed by atoms with E-state index in [4.69, 9.17) is 32.9 Å². The minimum atomic E-state index is -0.811. The Kier molecular flexibility index (Phi) is 10.0. The van der Waals surface area contributed by atoms with Crippen molar-refractivity contribution in [1.29, 1.82) is 0 Å². The van der Waals surface area contributed by atoms with Crippen LogP contribution in [-0.2, 0) is 22.7 Å². The van der Waals surface area contributed by atoms with E-state index in [1.165, 1.54) is 4.40 Å². The molecule has 51 heavy (non-hydrogen) atoms. The van der Waals surface area contributed by atoms with Crippen LogP contribution in [0.4, 0.5) is 0 Å². The van der Waals surface area contributed by atoms with Crippen LogP contribution < -0.4 is 20.9 Å². The number of carbonyl (C=O) groups is 2. The molecule has 0 unspecified atom stereocenters. The summed E-state index contributed by atoms with van der Waals surface area (Å²) in [5.41, 5.74) is 5.53. The molecular weight excluding hydrogens is 693 g/mol. The number of ether oxygens (including phenoxy) is 1. The van der Waals surface area contributed by atoms with Crippen molar-refractivity contribution < 1.29 is 19.4 Å². The Hall–Kier alpha value is -4.88. The maximum Gasteiger partial charge on any atom is 0.307 e. The zero-order chi connectivity index (χ0) is 35.6. The molecule has 0 bridgehead atoms. The summed E-state index contributed by atoms with van der Waals surface area (Å²) in [6, 6.07) is 15.1. The number of nitrogens with one attached hydrogen (secondary N) is 2. The van der Waals surface area contributed by atoms with E-state index in [1.807, 2.05) is 53.4 Å². The number of hydrogen-bond donors (Lipinski definition) is 3. The molecule has 1 amide bonds. The second-order valence-electron chi connectivity index (χ2n) is 12.8. The number of halogens is 2. The number of pyridine rings is 1. The maximum absolute atomic E-state index is 13.3. The van der Waals surface area contributed by atoms with Crippen molar-refractivity contribution in [2.45, 2.75) is 38.4 Å². The number of likely N-dealkylation sites (tertiary alicyclic amines) is 1. The number of nitrogens with zero attached hydrogens (tertiary/aromatic N) is 5. The predicted octanol–water partition coefficient (Wildman–Crippen LogP) is 5.08. The van der Waals surface area contributed by atoms with E-state index < -0.39 is 11.9 Å². The molecule has 0 aliphatic carbocycles. The first kappa shape index (κ1) is 34.6. The number of fused-ring (bicyclic) bond motifs is 1. The Morgan fingerprint density at radius 3 is 2.47 bits per heavy atom. The van der Waals surface area contributed by atoms with E-state index in [2.05, 4.69) is 20.6 Å². The molecule has 3 aromatic heterocycles. The minimum absolute atomic E-state index is 0.0724. The van der Waals surface area contributed by atoms with E-state index in [-0.39, 0.29) is 17.5 Å². The lowest BCUT2D eigenvalue weighted by Crippen LogP contribution is -2.35. The second kappa shape index (κ2) is 14.8. The highest BCUT2D eigenvalue weighted by Crippen LogP contribution is 2.42. The highest BCUT2D eigenvalue weighted by atomic mass is 35.5. The van der Waals surface area contributed by atoms with Crippen LogP contribution >= 0.6 is 23.2 Å². The van der Waals surface area contributed by atoms with Gasteiger partial charge in [-0.05, 0) is 37.1 Å². The van der Waals surface area contributed by atoms with Crippen LogP contribution in [-0.4, -0.2) is 74.0 Å². The number of carboxylic acids is 1. The molecule has 2 fully saturated rings. The molecule has 0 spiro atoms. The Bertz CT molecular complexity index is 2210. The van der Waals surface area contributed by atoms with Crippen LogP contribution in [0, 0.1) is 5.92 Å². The summed E-state index contributed by atoms with van der Waals surface area (Å²) in [4.78, 5) is 52.1. The monoisotopic (exact) mass is 727 g/mol. The zero-order valence-corrected chi connectivity index (χ0v) is 29.2. The summed E-state index contributed by atoms with van der Waals surface area (Å²) < 4.78 is 7.07. The number of amides is 1. The summed E-state index contributed by atoms with van der Waals surface area (Å²) in [7, 11) is 1.54. The fourth-order valence-electron chi connectivity index (χ4n) is 6.72. The molecule has 7 rings (SSSR count). The topological polar surface area (TPSA) is 151 Å². The third-order valence-electron chi connectivity index (χ3n) is 9.44. The number of aromatic nitrogens is 4. The minimum Gasteiger partial charge on any atom is -0.481 e. The summed E-state index contributed by atoms with van der Waals surface area (Å²) in [6.07, 6.45) is 6.82. The van der Waals surface area contributed by atoms with Crippen molar-refractivity contribution in [2.24, 2.45) is 5.92 Å². The second-order valence-corrected chi connectivity index (χ2v) is 13.5. The lowest BCUT2D eigenvalue weighted by molar-refractivity contribution is -0.141. The van der Waals surface area contributed by atoms with Crippen LogP contribution in [0.25, 0.3) is 39.2 Å². The Labute approximate surface area is 303 Å². The molecular formula is C37H35Cl2N7O5. The van der Waals surface area contributed by atoms with Gasteiger partial charge in [0.25, 0.3) is 5.56 Å². The molecule has 0 saturated carbocycles. The number of rotatable bonds is 11. The first-order valence-corrected chi connectivity index (χ1v) is 17.4. The smallest absolute Gasteiger partial charge is 0.307 e. The SMILES string of the molecule is COc1nc(-c2cccc(-c3cccc(-c4ccn5c(=O)c(CN6CC[C@H](C(=O)O)C6)cnc5c4)c3Cl)c2Cl)cnc1CNC[C@@H]1CCC(=O)N1. The van der Waals surface area contributed by atoms with Gasteiger partial charge in [0, 0.05) is 73.3 Å². The Balaban J connectivity index is 1.12. The maximum atomic E-state index is 13.3. The number of carbonyl (C=O) groups excluding carboxylic acids is 1. The van der Waals surface area contributed by atoms with Crippen molar-refractivity contribution in [1.82, 2.24) is 34.9 Å². The molecule has 2 saturated heterocycles. The number of aliphatic carboxylic acids is 1. The van der Waals surface area contributed by atoms with Crippen molar-refractivity contribution in [3.8, 4) is 39.4 Å². The number of methoxy groups -OCH3 is 1. The first-order valence-electron chi connectivity index (χ1n) is 16.6. The molecule has 2 aromatic carbocycles. The van der Waals surface area contributed by atoms with Crippen LogP contribution in [0.2, 0.25) is 10.0 Å². The van der Waals surface area contributed by atoms with Crippen molar-refractivity contribution in [2.75, 3.05) is 26.7 Å². The summed E-state index contributed by atoms with van der Waals surface area (Å²) in [6.45, 7) is 2.42. The van der Waals surface area contributed by atoms with Gasteiger partial charge in [0.15, 0.2) is 0 Å². The average molecular weight is 729 g/mol. The quantitative estimate of drug-likeness (QED) is 0.168. The third kappa shape index (κ3) is 7.18. The Morgan fingerprint density at radius 2 is 1.76 bits per heavy atom. The first-order chi connectivity index (χ1) is 24.7. The molecule has 2 atom stereocenters. The van der Waals surface area contributed by atoms with Crippen LogP contribution in [0.5, 0.6) is 5.88 Å². The predicted molar refractivity (Wildman–Crippen MR) is 194 cm³/mol. The number of benzene rings is 2. The van der Waals surface area contributed by atoms with Gasteiger partial charge in [0.1, 0.15) is 11.3 Å². The van der Waals surface area contributed by atoms with E-state index in [0.717, 1.165) is 17.5 Å². The van der Waals surface area contributed by atoms with Crippen molar-refractivity contribution >= 4 is 40.7 Å². The summed E-state index contributed by atoms with van der Waals surface area (Å²) in [5, 5.41) is 16.5. The van der Waals surface area contributed by atoms with Gasteiger partial charge in [0.05, 0.1) is 40.5 Å². The van der Waals surface area contributed by atoms with E-state index in [9.17, 15) is 19.5 Å². The van der Waals surface area contributed by atoms with Crippen molar-refractivity contribution in [3.63, 3.8) is 0 Å². The molecule has 12 nitrogen and oxygen atoms in total. The molecule has 3 N–H and O–H groups in total. The average Bonchev–Trinajstić information content (AvgIpc) is 3.79. The lowest BCUT2D eigenvalue weighted by atomic mass is 9.97. The molecule has 2 aliphatic rings. The van der Waals surface area contributed by atoms with Crippen LogP contribution in [0.1, 0.15) is 30.5 Å². The largest absolute Gasteiger partial charge is 0.481 e. The molecule has 5 aromatic rings. The van der Waals surface area contributed by atoms with E-state index in [0.29, 0.717) is 101 Å². The molecule has 2 aliphatic heterocycles. The fourth-order valence-corrected chi connectivity index (χ4v) is 7.38. The van der Waals surface area contributed by atoms with Crippen LogP contribution in [0.15, 0.2) is 71.9 Å². The molecule has 262 valence electrons. The Morgan fingerprint density at radius 1 is 1.02 bits per heavy atom. The van der Waals surface area contributed by atoms with E-state index in [1.54, 1.807) is 25.7 Å². The molecule has 5 heterocycles. The third-order valence-corrected chi connectivity index (χ3v) is 10.3. The normalized spacial score (nSPS) is 17.6. The van der Waals surface area contributed by atoms with Gasteiger partial charge in [-0.15, -0.1) is 0 Å². The van der Waals surface area contributed by atoms with Gasteiger partial charge >= 0.3 is 5.97 Å². The lowest BCUT2D eigenvalue weighted by Gasteiger charge is -2.16. The van der Waals surface area contributed by atoms with Gasteiger partial charge < -0.3 is 20.5 Å². The van der Waals surface area contributed by atoms with Gasteiger partial charge in [-0.2, -0.15) is 0 Å². The number of hydrogen-bond acceptors (Lipinski definition) is 9. The van der Waals surface area contributed by atoms with Gasteiger partial charge in [-0.25, -0.2) is 9.97 Å². The van der Waals surface area contributed by atoms with E-state index >= 15 is 0 Å².